The molecule has 0 saturated carbocycles. The van der Waals surface area contributed by atoms with Crippen LogP contribution < -0.4 is 14.4 Å². The second-order valence-electron chi connectivity index (χ2n) is 6.96. The molecule has 0 unspecified atom stereocenters. The molecule has 0 bridgehead atoms. The Labute approximate surface area is 176 Å². The van der Waals surface area contributed by atoms with Gasteiger partial charge in [0.05, 0.1) is 12.2 Å². The number of carbonyl (C=O) groups is 2. The van der Waals surface area contributed by atoms with E-state index in [4.69, 9.17) is 13.9 Å². The maximum Gasteiger partial charge on any atom is 0.277 e. The van der Waals surface area contributed by atoms with Crippen LogP contribution >= 0.6 is 11.8 Å². The van der Waals surface area contributed by atoms with Gasteiger partial charge in [-0.2, -0.15) is 0 Å². The fourth-order valence-electron chi connectivity index (χ4n) is 3.40. The van der Waals surface area contributed by atoms with E-state index in [1.54, 1.807) is 30.1 Å². The highest BCUT2D eigenvalue weighted by Crippen LogP contribution is 2.36. The molecular weight excluding hydrogens is 406 g/mol. The number of fused-ring (bicyclic) bond motifs is 2. The molecule has 0 fully saturated rings. The maximum atomic E-state index is 12.6. The molecule has 2 aliphatic rings. The summed E-state index contributed by atoms with van der Waals surface area (Å²) >= 11 is 1.16. The van der Waals surface area contributed by atoms with E-state index in [1.165, 1.54) is 0 Å². The summed E-state index contributed by atoms with van der Waals surface area (Å²) in [7, 11) is 1.73. The zero-order chi connectivity index (χ0) is 20.7. The van der Waals surface area contributed by atoms with E-state index in [-0.39, 0.29) is 29.3 Å². The first-order chi connectivity index (χ1) is 14.6. The van der Waals surface area contributed by atoms with Gasteiger partial charge in [0.2, 0.25) is 12.0 Å². The molecule has 2 aromatic carbocycles. The molecule has 2 aliphatic heterocycles. The molecule has 0 saturated heterocycles. The number of nitrogens with zero attached hydrogens (tertiary/aromatic N) is 3. The zero-order valence-electron chi connectivity index (χ0n) is 16.0. The van der Waals surface area contributed by atoms with Gasteiger partial charge in [0.1, 0.15) is 6.61 Å². The number of anilines is 1. The number of Topliss-reactive ketones (excluding diaryl/α,β-unsaturated/α-hetero) is 1. The van der Waals surface area contributed by atoms with Crippen molar-refractivity contribution in [1.29, 1.82) is 0 Å². The number of hydrogen-bond donors (Lipinski definition) is 0. The molecule has 3 aromatic rings. The molecule has 30 heavy (non-hydrogen) atoms. The minimum Gasteiger partial charge on any atom is -0.485 e. The van der Waals surface area contributed by atoms with E-state index in [0.29, 0.717) is 29.4 Å². The monoisotopic (exact) mass is 423 g/mol. The Kier molecular flexibility index (Phi) is 4.66. The average molecular weight is 423 g/mol. The minimum absolute atomic E-state index is 0.0268. The van der Waals surface area contributed by atoms with Gasteiger partial charge in [-0.15, -0.1) is 10.2 Å². The largest absolute Gasteiger partial charge is 0.485 e. The van der Waals surface area contributed by atoms with Crippen LogP contribution in [0.3, 0.4) is 0 Å². The summed E-state index contributed by atoms with van der Waals surface area (Å²) in [6.07, 6.45) is -0.177. The lowest BCUT2D eigenvalue weighted by molar-refractivity contribution is -0.117. The van der Waals surface area contributed by atoms with Crippen molar-refractivity contribution in [2.45, 2.75) is 17.7 Å². The molecule has 152 valence electrons. The summed E-state index contributed by atoms with van der Waals surface area (Å²) in [4.78, 5) is 26.0. The molecule has 8 nitrogen and oxygen atoms in total. The van der Waals surface area contributed by atoms with Crippen LogP contribution in [0.4, 0.5) is 5.69 Å². The third-order valence-electron chi connectivity index (χ3n) is 5.01. The summed E-state index contributed by atoms with van der Waals surface area (Å²) in [5.41, 5.74) is 2.28. The first-order valence-electron chi connectivity index (χ1n) is 9.36. The highest BCUT2D eigenvalue weighted by Gasteiger charge is 2.28. The lowest BCUT2D eigenvalue weighted by atomic mass is 10.1. The predicted octanol–water partition coefficient (Wildman–Crippen LogP) is 3.08. The molecule has 3 heterocycles. The number of benzene rings is 2. The van der Waals surface area contributed by atoms with Gasteiger partial charge in [-0.1, -0.05) is 23.9 Å². The van der Waals surface area contributed by atoms with Gasteiger partial charge in [0.25, 0.3) is 11.1 Å². The highest BCUT2D eigenvalue weighted by molar-refractivity contribution is 7.99. The first-order valence-corrected chi connectivity index (χ1v) is 10.3. The molecule has 0 spiro atoms. The van der Waals surface area contributed by atoms with E-state index in [2.05, 4.69) is 10.2 Å². The standard InChI is InChI=1S/C21H17N3O5S/c1-24-14-7-6-12(8-13(14)9-19(24)26)15(25)11-30-21-23-22-20(29-21)18-10-27-16-4-2-3-5-17(16)28-18/h2-8,18H,9-11H2,1H3/t18-/m1/s1. The Hall–Kier alpha value is -3.33. The van der Waals surface area contributed by atoms with Crippen LogP contribution in [0.15, 0.2) is 52.1 Å². The SMILES string of the molecule is CN1C(=O)Cc2cc(C(=O)CSc3nnc([C@H]4COc5ccccc5O4)o3)ccc21. The third-order valence-corrected chi connectivity index (χ3v) is 5.83. The van der Waals surface area contributed by atoms with Crippen LogP contribution in [0.2, 0.25) is 0 Å². The number of rotatable bonds is 5. The number of amides is 1. The average Bonchev–Trinajstić information content (AvgIpc) is 3.36. The molecule has 1 aromatic heterocycles. The lowest BCUT2D eigenvalue weighted by Crippen LogP contribution is -2.21. The van der Waals surface area contributed by atoms with Gasteiger partial charge in [0.15, 0.2) is 17.3 Å². The summed E-state index contributed by atoms with van der Waals surface area (Å²) in [6.45, 7) is 0.268. The van der Waals surface area contributed by atoms with Crippen molar-refractivity contribution in [3.05, 3.63) is 59.5 Å². The maximum absolute atomic E-state index is 12.6. The van der Waals surface area contributed by atoms with Crippen LogP contribution in [0.5, 0.6) is 11.5 Å². The molecule has 0 aliphatic carbocycles. The summed E-state index contributed by atoms with van der Waals surface area (Å²) in [5.74, 6) is 1.70. The lowest BCUT2D eigenvalue weighted by Gasteiger charge is -2.23. The molecule has 5 rings (SSSR count). The second-order valence-corrected chi connectivity index (χ2v) is 7.88. The number of ketones is 1. The van der Waals surface area contributed by atoms with Gasteiger partial charge in [-0.3, -0.25) is 9.59 Å². The number of aromatic nitrogens is 2. The van der Waals surface area contributed by atoms with Crippen LogP contribution in [0.25, 0.3) is 0 Å². The first kappa shape index (κ1) is 18.7. The summed E-state index contributed by atoms with van der Waals surface area (Å²) in [6, 6.07) is 12.7. The van der Waals surface area contributed by atoms with E-state index in [0.717, 1.165) is 23.0 Å². The number of thioether (sulfide) groups is 1. The molecule has 9 heteroatoms. The number of hydrogen-bond acceptors (Lipinski definition) is 8. The molecule has 0 N–H and O–H groups in total. The number of likely N-dealkylation sites (N-methyl/N-ethyl adjacent to an activating group) is 1. The van der Waals surface area contributed by atoms with Crippen molar-refractivity contribution >= 4 is 29.1 Å². The van der Waals surface area contributed by atoms with Gasteiger partial charge in [-0.25, -0.2) is 0 Å². The fourth-order valence-corrected chi connectivity index (χ4v) is 4.07. The summed E-state index contributed by atoms with van der Waals surface area (Å²) in [5, 5.41) is 8.32. The Bertz CT molecular complexity index is 1150. The fraction of sp³-hybridized carbons (Fsp3) is 0.238. The smallest absolute Gasteiger partial charge is 0.277 e. The Morgan fingerprint density at radius 3 is 2.90 bits per heavy atom. The van der Waals surface area contributed by atoms with Gasteiger partial charge in [0, 0.05) is 18.3 Å². The number of ether oxygens (including phenoxy) is 2. The predicted molar refractivity (Wildman–Crippen MR) is 108 cm³/mol. The van der Waals surface area contributed by atoms with Crippen LogP contribution in [0, 0.1) is 0 Å². The Balaban J connectivity index is 1.22. The summed E-state index contributed by atoms with van der Waals surface area (Å²) < 4.78 is 17.2. The van der Waals surface area contributed by atoms with Crippen molar-refractivity contribution in [3.63, 3.8) is 0 Å². The Morgan fingerprint density at radius 1 is 1.20 bits per heavy atom. The Morgan fingerprint density at radius 2 is 2.03 bits per heavy atom. The quantitative estimate of drug-likeness (QED) is 0.456. The second kappa shape index (κ2) is 7.49. The number of carbonyl (C=O) groups excluding carboxylic acids is 2. The van der Waals surface area contributed by atoms with Gasteiger partial charge in [-0.05, 0) is 35.9 Å². The van der Waals surface area contributed by atoms with E-state index in [9.17, 15) is 9.59 Å². The van der Waals surface area contributed by atoms with Crippen molar-refractivity contribution in [2.24, 2.45) is 0 Å². The zero-order valence-corrected chi connectivity index (χ0v) is 16.8. The minimum atomic E-state index is -0.497. The normalized spacial score (nSPS) is 17.2. The van der Waals surface area contributed by atoms with E-state index < -0.39 is 6.10 Å². The van der Waals surface area contributed by atoms with E-state index in [1.807, 2.05) is 24.3 Å². The van der Waals surface area contributed by atoms with Crippen molar-refractivity contribution in [2.75, 3.05) is 24.3 Å². The highest BCUT2D eigenvalue weighted by atomic mass is 32.2. The van der Waals surface area contributed by atoms with Crippen LogP contribution in [-0.4, -0.2) is 41.3 Å². The molecule has 1 amide bonds. The van der Waals surface area contributed by atoms with Crippen molar-refractivity contribution in [3.8, 4) is 11.5 Å². The molecule has 0 radical (unpaired) electrons. The van der Waals surface area contributed by atoms with E-state index >= 15 is 0 Å². The van der Waals surface area contributed by atoms with Gasteiger partial charge < -0.3 is 18.8 Å². The molecule has 1 atom stereocenters. The van der Waals surface area contributed by atoms with Crippen molar-refractivity contribution in [1.82, 2.24) is 10.2 Å². The van der Waals surface area contributed by atoms with Gasteiger partial charge >= 0.3 is 0 Å². The van der Waals surface area contributed by atoms with Crippen LogP contribution in [-0.2, 0) is 11.2 Å². The molecular formula is C21H17N3O5S. The number of para-hydroxylation sites is 2. The topological polar surface area (TPSA) is 94.8 Å². The third kappa shape index (κ3) is 3.41. The van der Waals surface area contributed by atoms with Crippen molar-refractivity contribution < 1.29 is 23.5 Å². The van der Waals surface area contributed by atoms with Crippen LogP contribution in [0.1, 0.15) is 27.9 Å².